The molecule has 0 aliphatic carbocycles. The van der Waals surface area contributed by atoms with Gasteiger partial charge in [-0.05, 0) is 33.1 Å². The highest BCUT2D eigenvalue weighted by molar-refractivity contribution is 5.75. The topological polar surface area (TPSA) is 87.7 Å². The molecule has 6 heteroatoms. The average molecular weight is 258 g/mol. The van der Waals surface area contributed by atoms with E-state index in [0.717, 1.165) is 19.4 Å². The van der Waals surface area contributed by atoms with Gasteiger partial charge in [-0.2, -0.15) is 0 Å². The maximum atomic E-state index is 11.7. The van der Waals surface area contributed by atoms with Crippen LogP contribution in [0.5, 0.6) is 0 Å². The molecular formula is C12H22N2O4. The van der Waals surface area contributed by atoms with Crippen LogP contribution in [-0.2, 0) is 9.53 Å². The Hall–Kier alpha value is -1.30. The number of carboxylic acids is 1. The SMILES string of the molecule is CC(CCC(=O)O)NC(=O)NC1(C)CCCOC1. The Kier molecular flexibility index (Phi) is 5.40. The smallest absolute Gasteiger partial charge is 0.315 e. The summed E-state index contributed by atoms with van der Waals surface area (Å²) in [5.41, 5.74) is -0.325. The highest BCUT2D eigenvalue weighted by atomic mass is 16.5. The molecule has 0 aromatic heterocycles. The van der Waals surface area contributed by atoms with Gasteiger partial charge in [0.2, 0.25) is 0 Å². The van der Waals surface area contributed by atoms with Gasteiger partial charge in [-0.1, -0.05) is 0 Å². The Labute approximate surface area is 107 Å². The number of aliphatic carboxylic acids is 1. The minimum absolute atomic E-state index is 0.0574. The van der Waals surface area contributed by atoms with Crippen molar-refractivity contribution in [3.05, 3.63) is 0 Å². The first-order chi connectivity index (χ1) is 8.41. The molecule has 1 heterocycles. The molecule has 1 fully saturated rings. The molecule has 0 saturated carbocycles. The van der Waals surface area contributed by atoms with Gasteiger partial charge in [0, 0.05) is 19.1 Å². The number of nitrogens with one attached hydrogen (secondary N) is 2. The van der Waals surface area contributed by atoms with Crippen LogP contribution >= 0.6 is 0 Å². The second-order valence-corrected chi connectivity index (χ2v) is 5.15. The van der Waals surface area contributed by atoms with Crippen molar-refractivity contribution in [3.8, 4) is 0 Å². The highest BCUT2D eigenvalue weighted by Crippen LogP contribution is 2.17. The van der Waals surface area contributed by atoms with Gasteiger partial charge in [-0.15, -0.1) is 0 Å². The van der Waals surface area contributed by atoms with Crippen LogP contribution in [0.15, 0.2) is 0 Å². The van der Waals surface area contributed by atoms with Crippen molar-refractivity contribution >= 4 is 12.0 Å². The summed E-state index contributed by atoms with van der Waals surface area (Å²) in [6.07, 6.45) is 2.31. The molecule has 1 rings (SSSR count). The van der Waals surface area contributed by atoms with Crippen LogP contribution in [0.1, 0.15) is 39.5 Å². The van der Waals surface area contributed by atoms with Crippen molar-refractivity contribution in [1.29, 1.82) is 0 Å². The van der Waals surface area contributed by atoms with E-state index in [-0.39, 0.29) is 24.0 Å². The number of carbonyl (C=O) groups excluding carboxylic acids is 1. The molecule has 2 atom stereocenters. The summed E-state index contributed by atoms with van der Waals surface area (Å²) < 4.78 is 5.35. The summed E-state index contributed by atoms with van der Waals surface area (Å²) in [6.45, 7) is 5.01. The fraction of sp³-hybridized carbons (Fsp3) is 0.833. The van der Waals surface area contributed by atoms with Gasteiger partial charge < -0.3 is 20.5 Å². The van der Waals surface area contributed by atoms with Gasteiger partial charge in [0.1, 0.15) is 0 Å². The predicted octanol–water partition coefficient (Wildman–Crippen LogP) is 1.11. The van der Waals surface area contributed by atoms with Gasteiger partial charge in [-0.25, -0.2) is 4.79 Å². The van der Waals surface area contributed by atoms with Crippen molar-refractivity contribution in [2.75, 3.05) is 13.2 Å². The first-order valence-corrected chi connectivity index (χ1v) is 6.29. The highest BCUT2D eigenvalue weighted by Gasteiger charge is 2.29. The fourth-order valence-electron chi connectivity index (χ4n) is 1.98. The zero-order chi connectivity index (χ0) is 13.6. The van der Waals surface area contributed by atoms with E-state index in [1.54, 1.807) is 6.92 Å². The second kappa shape index (κ2) is 6.58. The first kappa shape index (κ1) is 14.8. The summed E-state index contributed by atoms with van der Waals surface area (Å²) in [7, 11) is 0. The lowest BCUT2D eigenvalue weighted by Gasteiger charge is -2.34. The molecule has 0 spiro atoms. The lowest BCUT2D eigenvalue weighted by Crippen LogP contribution is -2.55. The lowest BCUT2D eigenvalue weighted by molar-refractivity contribution is -0.137. The molecule has 18 heavy (non-hydrogen) atoms. The zero-order valence-electron chi connectivity index (χ0n) is 11.0. The minimum atomic E-state index is -0.850. The number of carboxylic acid groups (broad SMARTS) is 1. The van der Waals surface area contributed by atoms with E-state index in [4.69, 9.17) is 9.84 Å². The third-order valence-corrected chi connectivity index (χ3v) is 3.02. The van der Waals surface area contributed by atoms with Crippen molar-refractivity contribution < 1.29 is 19.4 Å². The molecule has 2 unspecified atom stereocenters. The van der Waals surface area contributed by atoms with Gasteiger partial charge in [-0.3, -0.25) is 4.79 Å². The summed E-state index contributed by atoms with van der Waals surface area (Å²) in [6, 6.07) is -0.421. The van der Waals surface area contributed by atoms with Gasteiger partial charge >= 0.3 is 12.0 Å². The molecule has 1 aliphatic rings. The number of amides is 2. The van der Waals surface area contributed by atoms with Crippen LogP contribution in [0.3, 0.4) is 0 Å². The Morgan fingerprint density at radius 3 is 2.78 bits per heavy atom. The molecule has 6 nitrogen and oxygen atoms in total. The predicted molar refractivity (Wildman–Crippen MR) is 66.5 cm³/mol. The third kappa shape index (κ3) is 5.35. The Morgan fingerprint density at radius 2 is 2.22 bits per heavy atom. The van der Waals surface area contributed by atoms with Crippen LogP contribution < -0.4 is 10.6 Å². The van der Waals surface area contributed by atoms with Gasteiger partial charge in [0.05, 0.1) is 12.1 Å². The van der Waals surface area contributed by atoms with Crippen LogP contribution in [0, 0.1) is 0 Å². The molecule has 1 saturated heterocycles. The van der Waals surface area contributed by atoms with Gasteiger partial charge in [0.15, 0.2) is 0 Å². The maximum absolute atomic E-state index is 11.7. The van der Waals surface area contributed by atoms with Crippen molar-refractivity contribution in [2.24, 2.45) is 0 Å². The number of hydrogen-bond donors (Lipinski definition) is 3. The van der Waals surface area contributed by atoms with Gasteiger partial charge in [0.25, 0.3) is 0 Å². The number of hydrogen-bond acceptors (Lipinski definition) is 3. The molecule has 0 aromatic rings. The Balaban J connectivity index is 2.29. The molecule has 0 radical (unpaired) electrons. The fourth-order valence-corrected chi connectivity index (χ4v) is 1.98. The van der Waals surface area contributed by atoms with E-state index in [2.05, 4.69) is 10.6 Å². The van der Waals surface area contributed by atoms with E-state index in [1.165, 1.54) is 0 Å². The largest absolute Gasteiger partial charge is 0.481 e. The zero-order valence-corrected chi connectivity index (χ0v) is 11.0. The summed E-state index contributed by atoms with van der Waals surface area (Å²) >= 11 is 0. The van der Waals surface area contributed by atoms with Crippen molar-refractivity contribution in [3.63, 3.8) is 0 Å². The Morgan fingerprint density at radius 1 is 1.50 bits per heavy atom. The van der Waals surface area contributed by atoms with E-state index in [0.29, 0.717) is 13.0 Å². The van der Waals surface area contributed by atoms with Crippen LogP contribution in [0.4, 0.5) is 4.79 Å². The second-order valence-electron chi connectivity index (χ2n) is 5.15. The maximum Gasteiger partial charge on any atom is 0.315 e. The first-order valence-electron chi connectivity index (χ1n) is 6.29. The average Bonchev–Trinajstić information content (AvgIpc) is 2.26. The standard InChI is InChI=1S/C12H22N2O4/c1-9(4-5-10(15)16)13-11(17)14-12(2)6-3-7-18-8-12/h9H,3-8H2,1-2H3,(H,15,16)(H2,13,14,17). The quantitative estimate of drug-likeness (QED) is 0.689. The van der Waals surface area contributed by atoms with Crippen molar-refractivity contribution in [2.45, 2.75) is 51.1 Å². The van der Waals surface area contributed by atoms with E-state index in [1.807, 2.05) is 6.92 Å². The summed E-state index contributed by atoms with van der Waals surface area (Å²) in [5, 5.41) is 14.2. The Bertz CT molecular complexity index is 300. The molecule has 1 aliphatic heterocycles. The van der Waals surface area contributed by atoms with E-state index in [9.17, 15) is 9.59 Å². The summed E-state index contributed by atoms with van der Waals surface area (Å²) in [4.78, 5) is 22.2. The normalized spacial score (nSPS) is 25.2. The molecule has 3 N–H and O–H groups in total. The number of urea groups is 1. The number of rotatable bonds is 5. The van der Waals surface area contributed by atoms with E-state index < -0.39 is 5.97 Å². The molecule has 2 amide bonds. The molecular weight excluding hydrogens is 236 g/mol. The molecule has 104 valence electrons. The van der Waals surface area contributed by atoms with Crippen LogP contribution in [0.25, 0.3) is 0 Å². The van der Waals surface area contributed by atoms with Crippen LogP contribution in [-0.4, -0.2) is 41.9 Å². The monoisotopic (exact) mass is 258 g/mol. The number of ether oxygens (including phenoxy) is 1. The van der Waals surface area contributed by atoms with E-state index >= 15 is 0 Å². The third-order valence-electron chi connectivity index (χ3n) is 3.02. The number of carbonyl (C=O) groups is 2. The minimum Gasteiger partial charge on any atom is -0.481 e. The van der Waals surface area contributed by atoms with Crippen LogP contribution in [0.2, 0.25) is 0 Å². The van der Waals surface area contributed by atoms with Crippen molar-refractivity contribution in [1.82, 2.24) is 10.6 Å². The molecule has 0 bridgehead atoms. The summed E-state index contributed by atoms with van der Waals surface area (Å²) in [5.74, 6) is -0.850. The lowest BCUT2D eigenvalue weighted by atomic mass is 9.95. The molecule has 0 aromatic carbocycles.